The van der Waals surface area contributed by atoms with Crippen molar-refractivity contribution in [3.8, 4) is 0 Å². The van der Waals surface area contributed by atoms with Crippen molar-refractivity contribution < 1.29 is 0 Å². The van der Waals surface area contributed by atoms with E-state index in [0.29, 0.717) is 6.04 Å². The van der Waals surface area contributed by atoms with E-state index < -0.39 is 0 Å². The van der Waals surface area contributed by atoms with Crippen molar-refractivity contribution in [2.45, 2.75) is 44.0 Å². The van der Waals surface area contributed by atoms with Crippen LogP contribution in [0.4, 0.5) is 5.69 Å². The van der Waals surface area contributed by atoms with Crippen molar-refractivity contribution in [2.75, 3.05) is 11.4 Å². The molecule has 1 heterocycles. The predicted octanol–water partition coefficient (Wildman–Crippen LogP) is 5.11. The van der Waals surface area contributed by atoms with Gasteiger partial charge in [-0.3, -0.25) is 0 Å². The fourth-order valence-corrected chi connectivity index (χ4v) is 3.85. The van der Waals surface area contributed by atoms with Crippen molar-refractivity contribution in [1.29, 1.82) is 0 Å². The first-order valence-corrected chi connectivity index (χ1v) is 8.25. The molecule has 2 rings (SSSR count). The van der Waals surface area contributed by atoms with E-state index in [1.54, 1.807) is 0 Å². The highest BCUT2D eigenvalue weighted by Crippen LogP contribution is 2.29. The van der Waals surface area contributed by atoms with E-state index in [2.05, 4.69) is 61.9 Å². The summed E-state index contributed by atoms with van der Waals surface area (Å²) in [4.78, 5) is 2.55. The zero-order valence-electron chi connectivity index (χ0n) is 10.3. The van der Waals surface area contributed by atoms with E-state index in [1.165, 1.54) is 48.0 Å². The molecule has 1 aliphatic heterocycles. The Hall–Kier alpha value is -0.0200. The van der Waals surface area contributed by atoms with Crippen LogP contribution in [0, 0.1) is 0 Å². The van der Waals surface area contributed by atoms with Crippen LogP contribution in [0.2, 0.25) is 0 Å². The number of hydrogen-bond acceptors (Lipinski definition) is 1. The summed E-state index contributed by atoms with van der Waals surface area (Å²) in [5.41, 5.74) is 2.67. The third-order valence-corrected chi connectivity index (χ3v) is 4.91. The fourth-order valence-electron chi connectivity index (χ4n) is 2.48. The first-order valence-electron chi connectivity index (χ1n) is 6.33. The first-order chi connectivity index (χ1) is 8.22. The molecule has 1 aliphatic rings. The summed E-state index contributed by atoms with van der Waals surface area (Å²) in [5, 5.41) is 0.906. The van der Waals surface area contributed by atoms with E-state index in [4.69, 9.17) is 0 Å². The lowest BCUT2D eigenvalue weighted by Crippen LogP contribution is -2.32. The monoisotopic (exact) mass is 359 g/mol. The van der Waals surface area contributed by atoms with Crippen LogP contribution < -0.4 is 4.90 Å². The maximum atomic E-state index is 3.66. The smallest absolute Gasteiger partial charge is 0.0380 e. The molecule has 1 aromatic rings. The highest BCUT2D eigenvalue weighted by molar-refractivity contribution is 9.10. The standard InChI is InChI=1S/C14H19Br2N/c1-11-5-3-2-4-8-17(11)13-7-6-12(10-15)14(16)9-13/h6-7,9,11H,2-5,8,10H2,1H3. The number of rotatable bonds is 2. The van der Waals surface area contributed by atoms with E-state index in [-0.39, 0.29) is 0 Å². The third-order valence-electron chi connectivity index (χ3n) is 3.57. The molecule has 0 amide bonds. The molecule has 1 fully saturated rings. The SMILES string of the molecule is CC1CCCCCN1c1ccc(CBr)c(Br)c1. The van der Waals surface area contributed by atoms with Crippen LogP contribution in [-0.4, -0.2) is 12.6 Å². The molecule has 1 atom stereocenters. The Labute approximate surface area is 121 Å². The van der Waals surface area contributed by atoms with Gasteiger partial charge in [0.1, 0.15) is 0 Å². The maximum Gasteiger partial charge on any atom is 0.0380 e. The largest absolute Gasteiger partial charge is 0.369 e. The highest BCUT2D eigenvalue weighted by Gasteiger charge is 2.17. The van der Waals surface area contributed by atoms with Crippen molar-refractivity contribution >= 4 is 37.5 Å². The molecule has 0 bridgehead atoms. The Morgan fingerprint density at radius 1 is 1.29 bits per heavy atom. The number of nitrogens with zero attached hydrogens (tertiary/aromatic N) is 1. The number of halogens is 2. The van der Waals surface area contributed by atoms with Crippen LogP contribution in [0.15, 0.2) is 22.7 Å². The Morgan fingerprint density at radius 3 is 2.82 bits per heavy atom. The molecular weight excluding hydrogens is 342 g/mol. The number of alkyl halides is 1. The van der Waals surface area contributed by atoms with Crippen molar-refractivity contribution in [2.24, 2.45) is 0 Å². The summed E-state index contributed by atoms with van der Waals surface area (Å²) >= 11 is 7.17. The second-order valence-corrected chi connectivity index (χ2v) is 6.22. The second kappa shape index (κ2) is 6.24. The van der Waals surface area contributed by atoms with E-state index in [0.717, 1.165) is 5.33 Å². The number of benzene rings is 1. The summed E-state index contributed by atoms with van der Waals surface area (Å²) < 4.78 is 1.21. The molecule has 94 valence electrons. The molecule has 1 nitrogen and oxygen atoms in total. The lowest BCUT2D eigenvalue weighted by Gasteiger charge is -2.29. The topological polar surface area (TPSA) is 3.24 Å². The summed E-state index contributed by atoms with van der Waals surface area (Å²) in [7, 11) is 0. The minimum Gasteiger partial charge on any atom is -0.369 e. The number of anilines is 1. The maximum absolute atomic E-state index is 3.66. The highest BCUT2D eigenvalue weighted by atomic mass is 79.9. The Balaban J connectivity index is 2.22. The van der Waals surface area contributed by atoms with Gasteiger partial charge in [-0.1, -0.05) is 50.8 Å². The van der Waals surface area contributed by atoms with Gasteiger partial charge in [-0.05, 0) is 37.5 Å². The Kier molecular flexibility index (Phi) is 4.92. The van der Waals surface area contributed by atoms with Gasteiger partial charge in [0.15, 0.2) is 0 Å². The van der Waals surface area contributed by atoms with Crippen LogP contribution in [0.25, 0.3) is 0 Å². The Morgan fingerprint density at radius 2 is 2.12 bits per heavy atom. The molecule has 1 unspecified atom stereocenters. The van der Waals surface area contributed by atoms with Crippen LogP contribution in [-0.2, 0) is 5.33 Å². The van der Waals surface area contributed by atoms with Gasteiger partial charge in [0.25, 0.3) is 0 Å². The van der Waals surface area contributed by atoms with Gasteiger partial charge in [0.05, 0.1) is 0 Å². The average molecular weight is 361 g/mol. The third kappa shape index (κ3) is 3.25. The normalized spacial score (nSPS) is 21.4. The van der Waals surface area contributed by atoms with Gasteiger partial charge in [0, 0.05) is 28.1 Å². The van der Waals surface area contributed by atoms with Gasteiger partial charge < -0.3 is 4.90 Å². The summed E-state index contributed by atoms with van der Waals surface area (Å²) in [6.45, 7) is 3.54. The van der Waals surface area contributed by atoms with Crippen molar-refractivity contribution in [1.82, 2.24) is 0 Å². The zero-order chi connectivity index (χ0) is 12.3. The van der Waals surface area contributed by atoms with Crippen LogP contribution in [0.5, 0.6) is 0 Å². The fraction of sp³-hybridized carbons (Fsp3) is 0.571. The molecule has 3 heteroatoms. The van der Waals surface area contributed by atoms with E-state index in [1.807, 2.05) is 0 Å². The van der Waals surface area contributed by atoms with E-state index in [9.17, 15) is 0 Å². The lowest BCUT2D eigenvalue weighted by atomic mass is 10.1. The van der Waals surface area contributed by atoms with Gasteiger partial charge in [-0.2, -0.15) is 0 Å². The average Bonchev–Trinajstić information content (AvgIpc) is 2.54. The molecule has 1 aromatic carbocycles. The summed E-state index contributed by atoms with van der Waals surface area (Å²) in [6, 6.07) is 7.40. The molecule has 1 saturated heterocycles. The second-order valence-electron chi connectivity index (χ2n) is 4.80. The summed E-state index contributed by atoms with van der Waals surface area (Å²) in [6.07, 6.45) is 5.39. The number of hydrogen-bond donors (Lipinski definition) is 0. The van der Waals surface area contributed by atoms with Crippen LogP contribution in [0.1, 0.15) is 38.2 Å². The molecule has 0 aliphatic carbocycles. The quantitative estimate of drug-likeness (QED) is 0.662. The zero-order valence-corrected chi connectivity index (χ0v) is 13.4. The van der Waals surface area contributed by atoms with Crippen molar-refractivity contribution in [3.05, 3.63) is 28.2 Å². The van der Waals surface area contributed by atoms with Crippen molar-refractivity contribution in [3.63, 3.8) is 0 Å². The first kappa shape index (κ1) is 13.4. The minimum absolute atomic E-state index is 0.666. The van der Waals surface area contributed by atoms with Gasteiger partial charge >= 0.3 is 0 Å². The molecule has 0 N–H and O–H groups in total. The molecule has 0 radical (unpaired) electrons. The predicted molar refractivity (Wildman–Crippen MR) is 82.0 cm³/mol. The van der Waals surface area contributed by atoms with E-state index >= 15 is 0 Å². The molecule has 17 heavy (non-hydrogen) atoms. The van der Waals surface area contributed by atoms with Crippen LogP contribution >= 0.6 is 31.9 Å². The molecule has 0 aromatic heterocycles. The Bertz CT molecular complexity index is 378. The van der Waals surface area contributed by atoms with Crippen LogP contribution in [0.3, 0.4) is 0 Å². The summed E-state index contributed by atoms with van der Waals surface area (Å²) in [5.74, 6) is 0. The molecule has 0 spiro atoms. The van der Waals surface area contributed by atoms with Gasteiger partial charge in [0.2, 0.25) is 0 Å². The molecule has 0 saturated carbocycles. The molecular formula is C14H19Br2N. The van der Waals surface area contributed by atoms with Gasteiger partial charge in [-0.15, -0.1) is 0 Å². The minimum atomic E-state index is 0.666. The van der Waals surface area contributed by atoms with Gasteiger partial charge in [-0.25, -0.2) is 0 Å². The lowest BCUT2D eigenvalue weighted by molar-refractivity contribution is 0.616.